The molecule has 0 unspecified atom stereocenters. The lowest BCUT2D eigenvalue weighted by molar-refractivity contribution is 0.0827. The fourth-order valence-electron chi connectivity index (χ4n) is 2.06. The smallest absolute Gasteiger partial charge is 0.253 e. The molecule has 0 radical (unpaired) electrons. The first-order valence-electron chi connectivity index (χ1n) is 8.26. The first-order chi connectivity index (χ1) is 10.9. The van der Waals surface area contributed by atoms with Gasteiger partial charge in [-0.3, -0.25) is 9.79 Å². The highest BCUT2D eigenvalue weighted by molar-refractivity contribution is 14.0. The van der Waals surface area contributed by atoms with Gasteiger partial charge in [-0.25, -0.2) is 0 Å². The topological polar surface area (TPSA) is 56.7 Å². The van der Waals surface area contributed by atoms with Crippen molar-refractivity contribution in [3.8, 4) is 0 Å². The second kappa shape index (κ2) is 12.1. The van der Waals surface area contributed by atoms with Crippen LogP contribution in [-0.4, -0.2) is 50.5 Å². The van der Waals surface area contributed by atoms with Gasteiger partial charge in [0, 0.05) is 39.3 Å². The Bertz CT molecular complexity index is 530. The molecule has 0 aliphatic rings. The van der Waals surface area contributed by atoms with Crippen LogP contribution in [-0.2, 0) is 6.42 Å². The van der Waals surface area contributed by atoms with E-state index >= 15 is 0 Å². The van der Waals surface area contributed by atoms with Crippen molar-refractivity contribution in [2.24, 2.45) is 10.9 Å². The largest absolute Gasteiger partial charge is 0.357 e. The van der Waals surface area contributed by atoms with Gasteiger partial charge in [0.05, 0.1) is 0 Å². The number of nitrogens with zero attached hydrogens (tertiary/aromatic N) is 2. The summed E-state index contributed by atoms with van der Waals surface area (Å²) in [5, 5.41) is 6.59. The minimum atomic E-state index is 0. The van der Waals surface area contributed by atoms with Crippen molar-refractivity contribution in [3.05, 3.63) is 35.4 Å². The lowest BCUT2D eigenvalue weighted by Gasteiger charge is -2.13. The number of amides is 1. The van der Waals surface area contributed by atoms with E-state index in [4.69, 9.17) is 0 Å². The average molecular weight is 446 g/mol. The highest BCUT2D eigenvalue weighted by Gasteiger charge is 2.08. The average Bonchev–Trinajstić information content (AvgIpc) is 2.52. The monoisotopic (exact) mass is 446 g/mol. The van der Waals surface area contributed by atoms with Crippen LogP contribution in [0.2, 0.25) is 0 Å². The van der Waals surface area contributed by atoms with Gasteiger partial charge in [0.15, 0.2) is 5.96 Å². The maximum Gasteiger partial charge on any atom is 0.253 e. The number of carbonyl (C=O) groups excluding carboxylic acids is 1. The molecule has 0 aromatic heterocycles. The van der Waals surface area contributed by atoms with Gasteiger partial charge in [0.2, 0.25) is 0 Å². The van der Waals surface area contributed by atoms with Crippen molar-refractivity contribution < 1.29 is 4.79 Å². The molecule has 1 aromatic rings. The van der Waals surface area contributed by atoms with Crippen LogP contribution >= 0.6 is 24.0 Å². The molecule has 0 bridgehead atoms. The Balaban J connectivity index is 0.00000529. The highest BCUT2D eigenvalue weighted by atomic mass is 127. The SMILES string of the molecule is CCNC(=NCC(C)C)NCCc1cccc(C(=O)N(C)C)c1.I. The van der Waals surface area contributed by atoms with Gasteiger partial charge in [-0.2, -0.15) is 0 Å². The number of guanidine groups is 1. The van der Waals surface area contributed by atoms with Crippen molar-refractivity contribution in [1.29, 1.82) is 0 Å². The first kappa shape index (κ1) is 22.7. The third kappa shape index (κ3) is 8.52. The zero-order valence-corrected chi connectivity index (χ0v) is 17.8. The van der Waals surface area contributed by atoms with E-state index in [0.29, 0.717) is 5.92 Å². The predicted octanol–water partition coefficient (Wildman–Crippen LogP) is 2.76. The van der Waals surface area contributed by atoms with E-state index in [1.165, 1.54) is 0 Å². The lowest BCUT2D eigenvalue weighted by atomic mass is 10.1. The predicted molar refractivity (Wildman–Crippen MR) is 112 cm³/mol. The van der Waals surface area contributed by atoms with E-state index < -0.39 is 0 Å². The number of carbonyl (C=O) groups is 1. The third-order valence-corrected chi connectivity index (χ3v) is 3.25. The van der Waals surface area contributed by atoms with E-state index in [-0.39, 0.29) is 29.9 Å². The van der Waals surface area contributed by atoms with Crippen molar-refractivity contribution in [2.45, 2.75) is 27.2 Å². The molecule has 136 valence electrons. The quantitative estimate of drug-likeness (QED) is 0.385. The molecular formula is C18H31IN4O. The molecule has 1 amide bonds. The molecule has 6 heteroatoms. The maximum atomic E-state index is 12.0. The molecule has 0 fully saturated rings. The Kier molecular flexibility index (Phi) is 11.4. The second-order valence-electron chi connectivity index (χ2n) is 6.19. The molecule has 0 aliphatic carbocycles. The molecule has 0 atom stereocenters. The van der Waals surface area contributed by atoms with Crippen LogP contribution in [0.4, 0.5) is 0 Å². The van der Waals surface area contributed by atoms with Crippen molar-refractivity contribution >= 4 is 35.8 Å². The molecule has 0 aliphatic heterocycles. The van der Waals surface area contributed by atoms with Crippen LogP contribution in [0.15, 0.2) is 29.3 Å². The Hall–Kier alpha value is -1.31. The fourth-order valence-corrected chi connectivity index (χ4v) is 2.06. The van der Waals surface area contributed by atoms with Gasteiger partial charge in [0.1, 0.15) is 0 Å². The summed E-state index contributed by atoms with van der Waals surface area (Å²) in [4.78, 5) is 18.1. The number of benzene rings is 1. The maximum absolute atomic E-state index is 12.0. The molecule has 0 spiro atoms. The molecule has 0 saturated carbocycles. The number of hydrogen-bond acceptors (Lipinski definition) is 2. The van der Waals surface area contributed by atoms with Crippen molar-refractivity contribution in [2.75, 3.05) is 33.7 Å². The van der Waals surface area contributed by atoms with Crippen molar-refractivity contribution in [3.63, 3.8) is 0 Å². The Labute approximate surface area is 163 Å². The molecule has 5 nitrogen and oxygen atoms in total. The second-order valence-corrected chi connectivity index (χ2v) is 6.19. The minimum absolute atomic E-state index is 0. The number of aliphatic imine (C=N–C) groups is 1. The van der Waals surface area contributed by atoms with E-state index in [1.54, 1.807) is 19.0 Å². The summed E-state index contributed by atoms with van der Waals surface area (Å²) >= 11 is 0. The zero-order chi connectivity index (χ0) is 17.2. The summed E-state index contributed by atoms with van der Waals surface area (Å²) in [5.74, 6) is 1.42. The van der Waals surface area contributed by atoms with E-state index in [2.05, 4.69) is 36.4 Å². The fraction of sp³-hybridized carbons (Fsp3) is 0.556. The number of nitrogens with one attached hydrogen (secondary N) is 2. The van der Waals surface area contributed by atoms with Gasteiger partial charge in [0.25, 0.3) is 5.91 Å². The van der Waals surface area contributed by atoms with E-state index in [9.17, 15) is 4.79 Å². The molecular weight excluding hydrogens is 415 g/mol. The molecule has 1 aromatic carbocycles. The van der Waals surface area contributed by atoms with Crippen LogP contribution < -0.4 is 10.6 Å². The summed E-state index contributed by atoms with van der Waals surface area (Å²) in [6.45, 7) is 8.80. The van der Waals surface area contributed by atoms with E-state index in [1.807, 2.05) is 24.3 Å². The van der Waals surface area contributed by atoms with Crippen LogP contribution in [0.3, 0.4) is 0 Å². The number of hydrogen-bond donors (Lipinski definition) is 2. The summed E-state index contributed by atoms with van der Waals surface area (Å²) in [5.41, 5.74) is 1.87. The molecule has 2 N–H and O–H groups in total. The molecule has 1 rings (SSSR count). The summed E-state index contributed by atoms with van der Waals surface area (Å²) in [6.07, 6.45) is 0.848. The Morgan fingerprint density at radius 1 is 1.25 bits per heavy atom. The van der Waals surface area contributed by atoms with Crippen LogP contribution in [0.1, 0.15) is 36.7 Å². The highest BCUT2D eigenvalue weighted by Crippen LogP contribution is 2.07. The van der Waals surface area contributed by atoms with Gasteiger partial charge >= 0.3 is 0 Å². The molecule has 0 saturated heterocycles. The van der Waals surface area contributed by atoms with Crippen LogP contribution in [0.5, 0.6) is 0 Å². The number of rotatable bonds is 7. The zero-order valence-electron chi connectivity index (χ0n) is 15.4. The van der Waals surface area contributed by atoms with E-state index in [0.717, 1.165) is 43.1 Å². The molecule has 0 heterocycles. The molecule has 24 heavy (non-hydrogen) atoms. The van der Waals surface area contributed by atoms with Gasteiger partial charge in [-0.05, 0) is 37.0 Å². The minimum Gasteiger partial charge on any atom is -0.357 e. The van der Waals surface area contributed by atoms with Gasteiger partial charge in [-0.1, -0.05) is 26.0 Å². The number of halogens is 1. The Morgan fingerprint density at radius 3 is 2.54 bits per heavy atom. The van der Waals surface area contributed by atoms with Crippen LogP contribution in [0, 0.1) is 5.92 Å². The van der Waals surface area contributed by atoms with Gasteiger partial charge in [-0.15, -0.1) is 24.0 Å². The van der Waals surface area contributed by atoms with Crippen molar-refractivity contribution in [1.82, 2.24) is 15.5 Å². The summed E-state index contributed by atoms with van der Waals surface area (Å²) in [6, 6.07) is 7.80. The normalized spacial score (nSPS) is 11.0. The van der Waals surface area contributed by atoms with Gasteiger partial charge < -0.3 is 15.5 Å². The lowest BCUT2D eigenvalue weighted by Crippen LogP contribution is -2.38. The third-order valence-electron chi connectivity index (χ3n) is 3.25. The Morgan fingerprint density at radius 2 is 1.96 bits per heavy atom. The van der Waals surface area contributed by atoms with Crippen LogP contribution in [0.25, 0.3) is 0 Å². The summed E-state index contributed by atoms with van der Waals surface area (Å²) < 4.78 is 0. The summed E-state index contributed by atoms with van der Waals surface area (Å²) in [7, 11) is 3.54. The first-order valence-corrected chi connectivity index (χ1v) is 8.26. The standard InChI is InChI=1S/C18H30N4O.HI/c1-6-19-18(21-13-14(2)3)20-11-10-15-8-7-9-16(12-15)17(23)22(4)5;/h7-9,12,14H,6,10-11,13H2,1-5H3,(H2,19,20,21);1H.